The van der Waals surface area contributed by atoms with Crippen LogP contribution in [0.15, 0.2) is 42.5 Å². The molecule has 0 fully saturated rings. The Labute approximate surface area is 121 Å². The topological polar surface area (TPSA) is 87.2 Å². The van der Waals surface area contributed by atoms with Crippen LogP contribution < -0.4 is 4.90 Å². The van der Waals surface area contributed by atoms with Crippen LogP contribution in [0.5, 0.6) is 0 Å². The van der Waals surface area contributed by atoms with E-state index >= 15 is 0 Å². The first-order valence-electron chi connectivity index (χ1n) is 6.04. The lowest BCUT2D eigenvalue weighted by atomic mass is 10.1. The van der Waals surface area contributed by atoms with E-state index in [2.05, 4.69) is 0 Å². The smallest absolute Gasteiger partial charge is 0.270 e. The van der Waals surface area contributed by atoms with E-state index < -0.39 is 4.92 Å². The summed E-state index contributed by atoms with van der Waals surface area (Å²) in [4.78, 5) is 23.1. The molecule has 0 atom stereocenters. The average Bonchev–Trinajstić information content (AvgIpc) is 2.53. The lowest BCUT2D eigenvalue weighted by molar-refractivity contribution is -0.384. The Morgan fingerprint density at radius 1 is 1.24 bits per heavy atom. The van der Waals surface area contributed by atoms with Gasteiger partial charge < -0.3 is 4.90 Å². The number of benzene rings is 2. The Kier molecular flexibility index (Phi) is 3.95. The first kappa shape index (κ1) is 14.2. The molecule has 0 radical (unpaired) electrons. The van der Waals surface area contributed by atoms with Crippen molar-refractivity contribution in [2.24, 2.45) is 0 Å². The summed E-state index contributed by atoms with van der Waals surface area (Å²) in [5.41, 5.74) is 1.96. The predicted molar refractivity (Wildman–Crippen MR) is 77.7 cm³/mol. The zero-order chi connectivity index (χ0) is 15.4. The molecule has 2 aromatic carbocycles. The Morgan fingerprint density at radius 3 is 2.43 bits per heavy atom. The number of nitro benzene ring substituents is 1. The van der Waals surface area contributed by atoms with Crippen molar-refractivity contribution in [1.29, 1.82) is 5.26 Å². The normalized spacial score (nSPS) is 9.71. The highest BCUT2D eigenvalue weighted by Gasteiger charge is 2.14. The van der Waals surface area contributed by atoms with Gasteiger partial charge in [0.05, 0.1) is 22.2 Å². The van der Waals surface area contributed by atoms with Gasteiger partial charge in [0.2, 0.25) is 0 Å². The van der Waals surface area contributed by atoms with Crippen LogP contribution in [0.4, 0.5) is 17.1 Å². The molecular weight excluding hydrogens is 270 g/mol. The van der Waals surface area contributed by atoms with Crippen molar-refractivity contribution in [2.75, 3.05) is 11.9 Å². The first-order chi connectivity index (χ1) is 10.1. The van der Waals surface area contributed by atoms with Gasteiger partial charge in [-0.05, 0) is 30.3 Å². The minimum absolute atomic E-state index is 0.130. The van der Waals surface area contributed by atoms with Crippen LogP contribution in [0.25, 0.3) is 0 Å². The van der Waals surface area contributed by atoms with Crippen molar-refractivity contribution in [3.63, 3.8) is 0 Å². The molecule has 2 rings (SSSR count). The number of carbonyl (C=O) groups excluding carboxylic acids is 1. The number of non-ortho nitro benzene ring substituents is 1. The minimum Gasteiger partial charge on any atom is -0.344 e. The average molecular weight is 281 g/mol. The van der Waals surface area contributed by atoms with Gasteiger partial charge in [0.15, 0.2) is 6.29 Å². The van der Waals surface area contributed by atoms with Crippen molar-refractivity contribution in [3.8, 4) is 6.07 Å². The van der Waals surface area contributed by atoms with Gasteiger partial charge in [-0.3, -0.25) is 14.9 Å². The van der Waals surface area contributed by atoms with Gasteiger partial charge in [-0.2, -0.15) is 5.26 Å². The summed E-state index contributed by atoms with van der Waals surface area (Å²) in [6.45, 7) is 0. The SMILES string of the molecule is CN(c1ccc(C#N)cc1)c1ccc([N+](=O)[O-])cc1C=O. The Morgan fingerprint density at radius 2 is 1.90 bits per heavy atom. The molecule has 6 nitrogen and oxygen atoms in total. The molecule has 0 bridgehead atoms. The molecule has 104 valence electrons. The quantitative estimate of drug-likeness (QED) is 0.488. The molecule has 0 aliphatic rings. The Balaban J connectivity index is 2.42. The van der Waals surface area contributed by atoms with Gasteiger partial charge >= 0.3 is 0 Å². The fraction of sp³-hybridized carbons (Fsp3) is 0.0667. The fourth-order valence-electron chi connectivity index (χ4n) is 1.95. The van der Waals surface area contributed by atoms with Crippen molar-refractivity contribution in [3.05, 3.63) is 63.7 Å². The molecule has 0 aliphatic carbocycles. The van der Waals surface area contributed by atoms with E-state index in [1.54, 1.807) is 36.2 Å². The molecule has 0 N–H and O–H groups in total. The van der Waals surface area contributed by atoms with Gasteiger partial charge in [0, 0.05) is 30.4 Å². The number of hydrogen-bond donors (Lipinski definition) is 0. The molecule has 0 heterocycles. The summed E-state index contributed by atoms with van der Waals surface area (Å²) in [7, 11) is 1.75. The zero-order valence-electron chi connectivity index (χ0n) is 11.2. The number of nitriles is 1. The number of nitro groups is 1. The molecule has 0 saturated heterocycles. The van der Waals surface area contributed by atoms with Crippen LogP contribution in [0.1, 0.15) is 15.9 Å². The number of rotatable bonds is 4. The largest absolute Gasteiger partial charge is 0.344 e. The lowest BCUT2D eigenvalue weighted by Crippen LogP contribution is -2.11. The Bertz CT molecular complexity index is 733. The highest BCUT2D eigenvalue weighted by atomic mass is 16.6. The van der Waals surface area contributed by atoms with E-state index in [9.17, 15) is 14.9 Å². The number of aldehydes is 1. The van der Waals surface area contributed by atoms with E-state index in [-0.39, 0.29) is 11.3 Å². The van der Waals surface area contributed by atoms with Gasteiger partial charge in [-0.15, -0.1) is 0 Å². The molecule has 0 unspecified atom stereocenters. The highest BCUT2D eigenvalue weighted by Crippen LogP contribution is 2.29. The fourth-order valence-corrected chi connectivity index (χ4v) is 1.95. The van der Waals surface area contributed by atoms with Crippen molar-refractivity contribution in [1.82, 2.24) is 0 Å². The summed E-state index contributed by atoms with van der Waals surface area (Å²) in [5, 5.41) is 19.5. The maximum Gasteiger partial charge on any atom is 0.270 e. The van der Waals surface area contributed by atoms with Crippen LogP contribution in [0, 0.1) is 21.4 Å². The highest BCUT2D eigenvalue weighted by molar-refractivity contribution is 5.87. The maximum atomic E-state index is 11.1. The molecule has 2 aromatic rings. The maximum absolute atomic E-state index is 11.1. The van der Waals surface area contributed by atoms with Crippen molar-refractivity contribution >= 4 is 23.3 Å². The summed E-state index contributed by atoms with van der Waals surface area (Å²) >= 11 is 0. The number of hydrogen-bond acceptors (Lipinski definition) is 5. The monoisotopic (exact) mass is 281 g/mol. The van der Waals surface area contributed by atoms with E-state index in [1.165, 1.54) is 18.2 Å². The summed E-state index contributed by atoms with van der Waals surface area (Å²) in [6.07, 6.45) is 0.586. The Hall–Kier alpha value is -3.20. The first-order valence-corrected chi connectivity index (χ1v) is 6.04. The van der Waals surface area contributed by atoms with Gasteiger partial charge in [0.1, 0.15) is 0 Å². The summed E-state index contributed by atoms with van der Waals surface area (Å²) in [6, 6.07) is 13.0. The number of nitrogens with zero attached hydrogens (tertiary/aromatic N) is 3. The zero-order valence-corrected chi connectivity index (χ0v) is 11.2. The van der Waals surface area contributed by atoms with Gasteiger partial charge in [-0.1, -0.05) is 0 Å². The summed E-state index contributed by atoms with van der Waals surface area (Å²) in [5.74, 6) is 0. The molecule has 0 spiro atoms. The third-order valence-corrected chi connectivity index (χ3v) is 3.09. The van der Waals surface area contributed by atoms with Crippen LogP contribution in [0.2, 0.25) is 0 Å². The summed E-state index contributed by atoms with van der Waals surface area (Å²) < 4.78 is 0. The molecule has 6 heteroatoms. The molecule has 21 heavy (non-hydrogen) atoms. The van der Waals surface area contributed by atoms with E-state index in [4.69, 9.17) is 5.26 Å². The van der Waals surface area contributed by atoms with E-state index in [1.807, 2.05) is 6.07 Å². The lowest BCUT2D eigenvalue weighted by Gasteiger charge is -2.21. The van der Waals surface area contributed by atoms with Crippen LogP contribution in [0.3, 0.4) is 0 Å². The second kappa shape index (κ2) is 5.84. The molecule has 0 amide bonds. The molecule has 0 aliphatic heterocycles. The van der Waals surface area contributed by atoms with Gasteiger partial charge in [0.25, 0.3) is 5.69 Å². The van der Waals surface area contributed by atoms with Crippen molar-refractivity contribution < 1.29 is 9.72 Å². The number of anilines is 2. The third-order valence-electron chi connectivity index (χ3n) is 3.09. The van der Waals surface area contributed by atoms with E-state index in [0.717, 1.165) is 5.69 Å². The predicted octanol–water partition coefficient (Wildman–Crippen LogP) is 3.05. The van der Waals surface area contributed by atoms with E-state index in [0.29, 0.717) is 17.5 Å². The molecular formula is C15H11N3O3. The van der Waals surface area contributed by atoms with Crippen molar-refractivity contribution in [2.45, 2.75) is 0 Å². The molecule has 0 saturated carbocycles. The second-order valence-corrected chi connectivity index (χ2v) is 4.34. The second-order valence-electron chi connectivity index (χ2n) is 4.34. The minimum atomic E-state index is -0.543. The third kappa shape index (κ3) is 2.87. The molecule has 0 aromatic heterocycles. The van der Waals surface area contributed by atoms with Crippen LogP contribution >= 0.6 is 0 Å². The van der Waals surface area contributed by atoms with Crippen LogP contribution in [-0.4, -0.2) is 18.3 Å². The van der Waals surface area contributed by atoms with Gasteiger partial charge in [-0.25, -0.2) is 0 Å². The van der Waals surface area contributed by atoms with Crippen LogP contribution in [-0.2, 0) is 0 Å². The standard InChI is InChI=1S/C15H11N3O3/c1-17(13-4-2-11(9-16)3-5-13)15-7-6-14(18(20)21)8-12(15)10-19/h2-8,10H,1H3. The number of carbonyl (C=O) groups is 1.